The van der Waals surface area contributed by atoms with Crippen molar-refractivity contribution in [1.29, 1.82) is 0 Å². The van der Waals surface area contributed by atoms with Crippen LogP contribution in [0, 0.1) is 0 Å². The zero-order valence-corrected chi connectivity index (χ0v) is 10.8. The molecule has 0 spiro atoms. The predicted molar refractivity (Wildman–Crippen MR) is 67.9 cm³/mol. The Morgan fingerprint density at radius 1 is 1.44 bits per heavy atom. The number of amides is 2. The number of nitrogens with two attached hydrogens (primary N) is 2. The maximum atomic E-state index is 11.3. The predicted octanol–water partition coefficient (Wildman–Crippen LogP) is -0.553. The average Bonchev–Trinajstić information content (AvgIpc) is 2.86. The van der Waals surface area contributed by atoms with E-state index >= 15 is 0 Å². The molecule has 2 rings (SSSR count). The summed E-state index contributed by atoms with van der Waals surface area (Å²) in [7, 11) is 0. The van der Waals surface area contributed by atoms with Crippen LogP contribution in [-0.4, -0.2) is 41.3 Å². The fourth-order valence-electron chi connectivity index (χ4n) is 2.53. The Hall–Kier alpha value is -1.47. The largest absolute Gasteiger partial charge is 0.370 e. The van der Waals surface area contributed by atoms with Gasteiger partial charge in [-0.25, -0.2) is 4.98 Å². The molecule has 0 bridgehead atoms. The van der Waals surface area contributed by atoms with Gasteiger partial charge in [0.1, 0.15) is 5.01 Å². The number of hydrogen-bond donors (Lipinski definition) is 2. The fourth-order valence-corrected chi connectivity index (χ4v) is 3.39. The molecular weight excluding hydrogens is 252 g/mol. The van der Waals surface area contributed by atoms with E-state index in [9.17, 15) is 9.59 Å². The molecule has 1 saturated heterocycles. The van der Waals surface area contributed by atoms with Crippen molar-refractivity contribution in [3.05, 3.63) is 16.6 Å². The van der Waals surface area contributed by atoms with Gasteiger partial charge in [-0.15, -0.1) is 11.3 Å². The van der Waals surface area contributed by atoms with Gasteiger partial charge < -0.3 is 11.5 Å². The molecule has 1 fully saturated rings. The average molecular weight is 268 g/mol. The van der Waals surface area contributed by atoms with Crippen LogP contribution >= 0.6 is 11.3 Å². The summed E-state index contributed by atoms with van der Waals surface area (Å²) in [6, 6.07) is 0. The summed E-state index contributed by atoms with van der Waals surface area (Å²) < 4.78 is 0. The molecule has 6 nitrogen and oxygen atoms in total. The number of hydrogen-bond acceptors (Lipinski definition) is 5. The molecule has 1 atom stereocenters. The number of rotatable bonds is 5. The summed E-state index contributed by atoms with van der Waals surface area (Å²) in [4.78, 5) is 28.5. The second-order valence-corrected chi connectivity index (χ2v) is 5.58. The molecule has 1 aliphatic heterocycles. The van der Waals surface area contributed by atoms with E-state index in [1.54, 1.807) is 6.20 Å². The van der Waals surface area contributed by atoms with Crippen LogP contribution in [0.25, 0.3) is 0 Å². The van der Waals surface area contributed by atoms with Gasteiger partial charge in [0, 0.05) is 30.0 Å². The smallest absolute Gasteiger partial charge is 0.231 e. The third kappa shape index (κ3) is 2.68. The van der Waals surface area contributed by atoms with Crippen molar-refractivity contribution < 1.29 is 9.59 Å². The molecule has 1 aromatic heterocycles. The van der Waals surface area contributed by atoms with Gasteiger partial charge in [0.15, 0.2) is 0 Å². The third-order valence-corrected chi connectivity index (χ3v) is 4.23. The zero-order valence-electron chi connectivity index (χ0n) is 9.96. The monoisotopic (exact) mass is 268 g/mol. The van der Waals surface area contributed by atoms with Gasteiger partial charge in [0.25, 0.3) is 0 Å². The second-order valence-electron chi connectivity index (χ2n) is 4.69. The molecule has 1 aliphatic rings. The van der Waals surface area contributed by atoms with Gasteiger partial charge in [-0.2, -0.15) is 0 Å². The summed E-state index contributed by atoms with van der Waals surface area (Å²) in [5.74, 6) is -0.699. The molecule has 98 valence electrons. The van der Waals surface area contributed by atoms with Crippen LogP contribution in [0.3, 0.4) is 0 Å². The van der Waals surface area contributed by atoms with E-state index in [-0.39, 0.29) is 30.2 Å². The third-order valence-electron chi connectivity index (χ3n) is 3.21. The fraction of sp³-hybridized carbons (Fsp3) is 0.545. The quantitative estimate of drug-likeness (QED) is 0.747. The van der Waals surface area contributed by atoms with Gasteiger partial charge in [-0.3, -0.25) is 14.5 Å². The van der Waals surface area contributed by atoms with Crippen molar-refractivity contribution in [2.75, 3.05) is 19.6 Å². The molecule has 0 aromatic carbocycles. The molecule has 0 aliphatic carbocycles. The number of likely N-dealkylation sites (tertiary alicyclic amines) is 1. The highest BCUT2D eigenvalue weighted by Crippen LogP contribution is 2.38. The molecule has 2 heterocycles. The van der Waals surface area contributed by atoms with Gasteiger partial charge in [-0.05, 0) is 13.0 Å². The van der Waals surface area contributed by atoms with Crippen LogP contribution < -0.4 is 11.5 Å². The number of carbonyl (C=O) groups excluding carboxylic acids is 2. The number of nitrogens with zero attached hydrogens (tertiary/aromatic N) is 2. The van der Waals surface area contributed by atoms with Crippen molar-refractivity contribution in [3.8, 4) is 0 Å². The highest BCUT2D eigenvalue weighted by molar-refractivity contribution is 7.09. The Morgan fingerprint density at radius 2 is 2.22 bits per heavy atom. The maximum Gasteiger partial charge on any atom is 0.231 e. The van der Waals surface area contributed by atoms with E-state index in [1.807, 2.05) is 10.3 Å². The Balaban J connectivity index is 2.18. The number of aromatic nitrogens is 1. The summed E-state index contributed by atoms with van der Waals surface area (Å²) in [6.45, 7) is 1.55. The van der Waals surface area contributed by atoms with Gasteiger partial charge in [-0.1, -0.05) is 0 Å². The summed E-state index contributed by atoms with van der Waals surface area (Å²) >= 11 is 1.52. The Kier molecular flexibility index (Phi) is 3.63. The summed E-state index contributed by atoms with van der Waals surface area (Å²) in [5.41, 5.74) is 10.2. The molecule has 0 saturated carbocycles. The lowest BCUT2D eigenvalue weighted by Gasteiger charge is -2.25. The van der Waals surface area contributed by atoms with Crippen molar-refractivity contribution in [1.82, 2.24) is 9.88 Å². The first-order valence-electron chi connectivity index (χ1n) is 5.71. The molecule has 18 heavy (non-hydrogen) atoms. The first-order valence-corrected chi connectivity index (χ1v) is 6.59. The lowest BCUT2D eigenvalue weighted by Crippen LogP contribution is -2.38. The van der Waals surface area contributed by atoms with Crippen LogP contribution in [0.1, 0.15) is 17.8 Å². The summed E-state index contributed by atoms with van der Waals surface area (Å²) in [5, 5.41) is 2.79. The van der Waals surface area contributed by atoms with E-state index in [1.165, 1.54) is 11.3 Å². The lowest BCUT2D eigenvalue weighted by molar-refractivity contribution is -0.119. The molecular formula is C11H16N4O2S. The van der Waals surface area contributed by atoms with E-state index in [0.717, 1.165) is 18.0 Å². The van der Waals surface area contributed by atoms with E-state index in [0.29, 0.717) is 6.54 Å². The normalized spacial score (nSPS) is 24.2. The van der Waals surface area contributed by atoms with Crippen molar-refractivity contribution in [2.45, 2.75) is 18.3 Å². The highest BCUT2D eigenvalue weighted by Gasteiger charge is 2.43. The molecule has 4 N–H and O–H groups in total. The van der Waals surface area contributed by atoms with E-state index in [4.69, 9.17) is 11.5 Å². The molecule has 2 amide bonds. The van der Waals surface area contributed by atoms with Crippen LogP contribution in [0.2, 0.25) is 0 Å². The second kappa shape index (κ2) is 5.03. The minimum atomic E-state index is -0.357. The molecule has 1 unspecified atom stereocenters. The lowest BCUT2D eigenvalue weighted by atomic mass is 9.84. The van der Waals surface area contributed by atoms with E-state index in [2.05, 4.69) is 4.98 Å². The minimum Gasteiger partial charge on any atom is -0.370 e. The van der Waals surface area contributed by atoms with Crippen LogP contribution in [0.5, 0.6) is 0 Å². The first-order chi connectivity index (χ1) is 8.52. The number of carbonyl (C=O) groups is 2. The Labute approximate surface area is 109 Å². The Bertz CT molecular complexity index is 448. The maximum absolute atomic E-state index is 11.3. The van der Waals surface area contributed by atoms with Crippen LogP contribution in [0.4, 0.5) is 0 Å². The highest BCUT2D eigenvalue weighted by atomic mass is 32.1. The minimum absolute atomic E-state index is 0.214. The topological polar surface area (TPSA) is 102 Å². The van der Waals surface area contributed by atoms with Crippen molar-refractivity contribution in [3.63, 3.8) is 0 Å². The molecule has 0 radical (unpaired) electrons. The zero-order chi connectivity index (χ0) is 13.2. The van der Waals surface area contributed by atoms with E-state index < -0.39 is 0 Å². The van der Waals surface area contributed by atoms with Crippen molar-refractivity contribution >= 4 is 23.2 Å². The van der Waals surface area contributed by atoms with Crippen LogP contribution in [0.15, 0.2) is 11.6 Å². The molecule has 1 aromatic rings. The van der Waals surface area contributed by atoms with Crippen LogP contribution in [-0.2, 0) is 15.0 Å². The first kappa shape index (κ1) is 13.0. The van der Waals surface area contributed by atoms with Gasteiger partial charge in [0.2, 0.25) is 11.8 Å². The summed E-state index contributed by atoms with van der Waals surface area (Å²) in [6.07, 6.45) is 2.76. The number of primary amides is 2. The van der Waals surface area contributed by atoms with Crippen molar-refractivity contribution in [2.24, 2.45) is 11.5 Å². The van der Waals surface area contributed by atoms with Gasteiger partial charge >= 0.3 is 0 Å². The van der Waals surface area contributed by atoms with Gasteiger partial charge in [0.05, 0.1) is 6.54 Å². The Morgan fingerprint density at radius 3 is 2.78 bits per heavy atom. The SMILES string of the molecule is NC(=O)CN1CCC(CC(N)=O)(c2nccs2)C1. The number of thiazole rings is 1. The standard InChI is InChI=1S/C11H16N4O2S/c12-8(16)5-11(10-14-2-4-18-10)1-3-15(7-11)6-9(13)17/h2,4H,1,3,5-7H2,(H2,12,16)(H2,13,17). The molecule has 7 heteroatoms.